The quantitative estimate of drug-likeness (QED) is 0.597. The third kappa shape index (κ3) is 5.14. The lowest BCUT2D eigenvalue weighted by Gasteiger charge is -2.32. The smallest absolute Gasteiger partial charge is 0.269 e. The fraction of sp³-hybridized carbons (Fsp3) is 0.500. The van der Waals surface area contributed by atoms with Gasteiger partial charge in [-0.1, -0.05) is 0 Å². The van der Waals surface area contributed by atoms with E-state index >= 15 is 0 Å². The van der Waals surface area contributed by atoms with Crippen molar-refractivity contribution >= 4 is 29.9 Å². The molecule has 8 nitrogen and oxygen atoms in total. The molecule has 0 aromatic heterocycles. The Hall–Kier alpha value is -2.19. The zero-order chi connectivity index (χ0) is 17.7. The third-order valence-corrected chi connectivity index (χ3v) is 4.17. The minimum atomic E-state index is -0.486. The lowest BCUT2D eigenvalue weighted by atomic mass is 9.96. The Morgan fingerprint density at radius 2 is 2.16 bits per heavy atom. The minimum Gasteiger partial charge on any atom is -0.355 e. The Kier molecular flexibility index (Phi) is 7.79. The van der Waals surface area contributed by atoms with E-state index in [4.69, 9.17) is 5.73 Å². The van der Waals surface area contributed by atoms with Crippen molar-refractivity contribution in [3.8, 4) is 0 Å². The highest BCUT2D eigenvalue weighted by Gasteiger charge is 2.29. The fourth-order valence-electron chi connectivity index (χ4n) is 2.89. The van der Waals surface area contributed by atoms with Crippen molar-refractivity contribution < 1.29 is 14.5 Å². The van der Waals surface area contributed by atoms with Crippen molar-refractivity contribution in [2.24, 2.45) is 11.7 Å². The molecule has 1 atom stereocenters. The number of carbonyl (C=O) groups is 2. The zero-order valence-electron chi connectivity index (χ0n) is 14.1. The number of benzene rings is 1. The van der Waals surface area contributed by atoms with E-state index in [1.165, 1.54) is 18.2 Å². The molecule has 1 saturated heterocycles. The highest BCUT2D eigenvalue weighted by molar-refractivity contribution is 5.96. The number of aryl methyl sites for hydroxylation is 1. The average Bonchev–Trinajstić information content (AvgIpc) is 2.59. The van der Waals surface area contributed by atoms with E-state index in [0.717, 1.165) is 12.8 Å². The van der Waals surface area contributed by atoms with Crippen molar-refractivity contribution in [1.29, 1.82) is 0 Å². The highest BCUT2D eigenvalue weighted by Crippen LogP contribution is 2.22. The topological polar surface area (TPSA) is 119 Å². The summed E-state index contributed by atoms with van der Waals surface area (Å²) in [5.74, 6) is -0.523. The monoisotopic (exact) mass is 370 g/mol. The van der Waals surface area contributed by atoms with Gasteiger partial charge in [-0.15, -0.1) is 12.4 Å². The highest BCUT2D eigenvalue weighted by atomic mass is 35.5. The number of amides is 2. The van der Waals surface area contributed by atoms with Crippen LogP contribution in [0.4, 0.5) is 5.69 Å². The van der Waals surface area contributed by atoms with Crippen LogP contribution in [-0.4, -0.2) is 47.8 Å². The van der Waals surface area contributed by atoms with Gasteiger partial charge in [0.05, 0.1) is 10.8 Å². The number of hydrogen-bond acceptors (Lipinski definition) is 5. The molecule has 2 amide bonds. The van der Waals surface area contributed by atoms with E-state index in [2.05, 4.69) is 5.32 Å². The fourth-order valence-corrected chi connectivity index (χ4v) is 2.89. The first-order valence-corrected chi connectivity index (χ1v) is 7.96. The van der Waals surface area contributed by atoms with Gasteiger partial charge in [-0.05, 0) is 31.4 Å². The lowest BCUT2D eigenvalue weighted by Crippen LogP contribution is -2.46. The standard InChI is InChI=1S/C16H22N4O4.ClH/c1-11-9-13(20(23)24)4-5-14(11)16(22)19-8-2-3-12(10-19)15(21)18-7-6-17;/h4-5,9,12H,2-3,6-8,10,17H2,1H3,(H,18,21);1H. The number of nitro groups is 1. The number of piperidine rings is 1. The third-order valence-electron chi connectivity index (χ3n) is 4.17. The van der Waals surface area contributed by atoms with Crippen molar-refractivity contribution in [3.63, 3.8) is 0 Å². The van der Waals surface area contributed by atoms with E-state index in [-0.39, 0.29) is 35.8 Å². The van der Waals surface area contributed by atoms with Gasteiger partial charge in [-0.3, -0.25) is 19.7 Å². The number of rotatable bonds is 5. The molecule has 1 aliphatic rings. The molecule has 1 unspecified atom stereocenters. The summed E-state index contributed by atoms with van der Waals surface area (Å²) in [4.78, 5) is 36.7. The Morgan fingerprint density at radius 1 is 1.44 bits per heavy atom. The van der Waals surface area contributed by atoms with Crippen molar-refractivity contribution in [1.82, 2.24) is 10.2 Å². The molecule has 1 heterocycles. The van der Waals surface area contributed by atoms with Crippen LogP contribution in [0, 0.1) is 23.0 Å². The number of likely N-dealkylation sites (tertiary alicyclic amines) is 1. The van der Waals surface area contributed by atoms with Gasteiger partial charge in [-0.2, -0.15) is 0 Å². The second-order valence-corrected chi connectivity index (χ2v) is 5.93. The summed E-state index contributed by atoms with van der Waals surface area (Å²) in [6.07, 6.45) is 1.48. The van der Waals surface area contributed by atoms with Crippen LogP contribution in [0.5, 0.6) is 0 Å². The van der Waals surface area contributed by atoms with Gasteiger partial charge in [0.1, 0.15) is 0 Å². The Labute approximate surface area is 152 Å². The lowest BCUT2D eigenvalue weighted by molar-refractivity contribution is -0.384. The molecule has 0 bridgehead atoms. The second-order valence-electron chi connectivity index (χ2n) is 5.93. The largest absolute Gasteiger partial charge is 0.355 e. The van der Waals surface area contributed by atoms with E-state index in [0.29, 0.717) is 37.3 Å². The van der Waals surface area contributed by atoms with Gasteiger partial charge in [-0.25, -0.2) is 0 Å². The maximum Gasteiger partial charge on any atom is 0.269 e. The molecule has 0 aliphatic carbocycles. The molecule has 1 aliphatic heterocycles. The van der Waals surface area contributed by atoms with Crippen LogP contribution in [0.2, 0.25) is 0 Å². The number of non-ortho nitro benzene ring substituents is 1. The minimum absolute atomic E-state index is 0. The Morgan fingerprint density at radius 3 is 2.76 bits per heavy atom. The summed E-state index contributed by atoms with van der Waals surface area (Å²) in [6.45, 7) is 3.41. The predicted molar refractivity (Wildman–Crippen MR) is 95.8 cm³/mol. The normalized spacial score (nSPS) is 16.7. The van der Waals surface area contributed by atoms with E-state index in [9.17, 15) is 19.7 Å². The molecule has 0 saturated carbocycles. The average molecular weight is 371 g/mol. The molecule has 0 spiro atoms. The molecule has 1 fully saturated rings. The number of carbonyl (C=O) groups excluding carboxylic acids is 2. The SMILES string of the molecule is Cc1cc([N+](=O)[O-])ccc1C(=O)N1CCCC(C(=O)NCCN)C1.Cl. The summed E-state index contributed by atoms with van der Waals surface area (Å²) in [5, 5.41) is 13.6. The molecular weight excluding hydrogens is 348 g/mol. The number of nitro benzene ring substituents is 1. The number of nitrogens with two attached hydrogens (primary N) is 1. The van der Waals surface area contributed by atoms with Gasteiger partial charge >= 0.3 is 0 Å². The summed E-state index contributed by atoms with van der Waals surface area (Å²) in [5.41, 5.74) is 6.33. The maximum atomic E-state index is 12.7. The van der Waals surface area contributed by atoms with Crippen LogP contribution in [0.15, 0.2) is 18.2 Å². The molecule has 138 valence electrons. The first-order chi connectivity index (χ1) is 11.4. The molecule has 9 heteroatoms. The van der Waals surface area contributed by atoms with Crippen LogP contribution in [-0.2, 0) is 4.79 Å². The molecule has 25 heavy (non-hydrogen) atoms. The number of nitrogens with zero attached hydrogens (tertiary/aromatic N) is 2. The van der Waals surface area contributed by atoms with Gasteiger partial charge in [0.25, 0.3) is 11.6 Å². The van der Waals surface area contributed by atoms with Gasteiger partial charge < -0.3 is 16.0 Å². The first kappa shape index (κ1) is 20.9. The van der Waals surface area contributed by atoms with Crippen LogP contribution >= 0.6 is 12.4 Å². The number of nitrogens with one attached hydrogen (secondary N) is 1. The predicted octanol–water partition coefficient (Wildman–Crippen LogP) is 1.25. The summed E-state index contributed by atoms with van der Waals surface area (Å²) in [6, 6.07) is 4.20. The van der Waals surface area contributed by atoms with Gasteiger partial charge in [0, 0.05) is 43.9 Å². The van der Waals surface area contributed by atoms with Crippen LogP contribution < -0.4 is 11.1 Å². The summed E-state index contributed by atoms with van der Waals surface area (Å²) in [7, 11) is 0. The molecule has 3 N–H and O–H groups in total. The van der Waals surface area contributed by atoms with Crippen LogP contribution in [0.25, 0.3) is 0 Å². The second kappa shape index (κ2) is 9.33. The van der Waals surface area contributed by atoms with Crippen LogP contribution in [0.3, 0.4) is 0 Å². The zero-order valence-corrected chi connectivity index (χ0v) is 14.9. The molecule has 1 aromatic rings. The van der Waals surface area contributed by atoms with Gasteiger partial charge in [0.15, 0.2) is 0 Å². The van der Waals surface area contributed by atoms with Crippen LogP contribution in [0.1, 0.15) is 28.8 Å². The Balaban J connectivity index is 0.00000312. The molecular formula is C16H23ClN4O4. The van der Waals surface area contributed by atoms with Gasteiger partial charge in [0.2, 0.25) is 5.91 Å². The van der Waals surface area contributed by atoms with Crippen molar-refractivity contribution in [2.75, 3.05) is 26.2 Å². The van der Waals surface area contributed by atoms with E-state index in [1.54, 1.807) is 11.8 Å². The maximum absolute atomic E-state index is 12.7. The Bertz CT molecular complexity index is 653. The van der Waals surface area contributed by atoms with Crippen molar-refractivity contribution in [2.45, 2.75) is 19.8 Å². The molecule has 1 aromatic carbocycles. The van der Waals surface area contributed by atoms with E-state index < -0.39 is 4.92 Å². The number of halogens is 1. The van der Waals surface area contributed by atoms with E-state index in [1.807, 2.05) is 0 Å². The first-order valence-electron chi connectivity index (χ1n) is 7.96. The summed E-state index contributed by atoms with van der Waals surface area (Å²) < 4.78 is 0. The molecule has 2 rings (SSSR count). The van der Waals surface area contributed by atoms with Crippen molar-refractivity contribution in [3.05, 3.63) is 39.4 Å². The summed E-state index contributed by atoms with van der Waals surface area (Å²) >= 11 is 0. The number of hydrogen-bond donors (Lipinski definition) is 2. The molecule has 0 radical (unpaired) electrons.